The maximum Gasteiger partial charge on any atom is 0.410 e. The van der Waals surface area contributed by atoms with Crippen molar-refractivity contribution in [3.8, 4) is 0 Å². The van der Waals surface area contributed by atoms with Crippen LogP contribution >= 0.6 is 12.4 Å². The number of aliphatic hydroxyl groups is 1. The van der Waals surface area contributed by atoms with Crippen molar-refractivity contribution in [3.63, 3.8) is 0 Å². The molecule has 25 nitrogen and oxygen atoms in total. The minimum atomic E-state index is -1.30. The summed E-state index contributed by atoms with van der Waals surface area (Å²) in [5, 5.41) is 24.3. The smallest absolute Gasteiger partial charge is 0.410 e. The van der Waals surface area contributed by atoms with Crippen molar-refractivity contribution in [2.45, 2.75) is 192 Å². The Morgan fingerprint density at radius 2 is 1.14 bits per heavy atom. The van der Waals surface area contributed by atoms with Gasteiger partial charge in [0.15, 0.2) is 0 Å². The molecule has 0 bridgehead atoms. The number of rotatable bonds is 7. The van der Waals surface area contributed by atoms with Gasteiger partial charge in [-0.3, -0.25) is 24.1 Å². The summed E-state index contributed by atoms with van der Waals surface area (Å²) in [6.45, 7) is 16.4. The number of benzene rings is 2. The van der Waals surface area contributed by atoms with Gasteiger partial charge in [-0.25, -0.2) is 32.8 Å². The number of fused-ring (bicyclic) bond motifs is 6. The number of alkyl carbamates (subject to hydrolysis) is 2. The summed E-state index contributed by atoms with van der Waals surface area (Å²) in [4.78, 5) is 123. The minimum Gasteiger partial charge on any atom is -0.464 e. The molecule has 8 aliphatic rings. The Hall–Kier alpha value is -7.46. The van der Waals surface area contributed by atoms with E-state index in [-0.39, 0.29) is 108 Å². The van der Waals surface area contributed by atoms with Gasteiger partial charge in [0, 0.05) is 88.0 Å². The van der Waals surface area contributed by atoms with Gasteiger partial charge in [-0.2, -0.15) is 0 Å². The molecule has 0 radical (unpaired) electrons. The van der Waals surface area contributed by atoms with E-state index in [4.69, 9.17) is 33.2 Å². The third kappa shape index (κ3) is 18.9. The number of nitrogens with one attached hydrogen (secondary N) is 5. The van der Waals surface area contributed by atoms with Gasteiger partial charge in [0.05, 0.1) is 45.6 Å². The number of esters is 2. The average Bonchev–Trinajstić information content (AvgIpc) is 1.59. The highest BCUT2D eigenvalue weighted by atomic mass is 35.5. The third-order valence-electron chi connectivity index (χ3n) is 16.7. The highest BCUT2D eigenvalue weighted by molar-refractivity contribution is 5.98. The summed E-state index contributed by atoms with van der Waals surface area (Å²) >= 11 is 0. The lowest BCUT2D eigenvalue weighted by atomic mass is 10.1. The van der Waals surface area contributed by atoms with Crippen LogP contribution in [0.1, 0.15) is 129 Å². The van der Waals surface area contributed by atoms with Crippen LogP contribution in [0.4, 0.5) is 23.2 Å². The summed E-state index contributed by atoms with van der Waals surface area (Å²) in [5.41, 5.74) is -1.06. The van der Waals surface area contributed by atoms with Crippen molar-refractivity contribution in [2.75, 3.05) is 52.7 Å². The Labute approximate surface area is 546 Å². The second kappa shape index (κ2) is 31.6. The first-order valence-electron chi connectivity index (χ1n) is 31.6. The maximum atomic E-state index is 14.3. The Balaban J connectivity index is 0.000000233. The van der Waals surface area contributed by atoms with Crippen LogP contribution in [0.25, 0.3) is 0 Å². The van der Waals surface area contributed by atoms with Crippen LogP contribution in [0.2, 0.25) is 0 Å². The summed E-state index contributed by atoms with van der Waals surface area (Å²) in [5.74, 6) is -4.41. The number of carbonyl (C=O) groups is 9. The lowest BCUT2D eigenvalue weighted by Crippen LogP contribution is -2.57. The van der Waals surface area contributed by atoms with E-state index in [1.807, 2.05) is 30.4 Å². The zero-order chi connectivity index (χ0) is 66.7. The molecule has 4 fully saturated rings. The van der Waals surface area contributed by atoms with E-state index < -0.39 is 118 Å². The highest BCUT2D eigenvalue weighted by Crippen LogP contribution is 2.47. The van der Waals surface area contributed by atoms with Gasteiger partial charge in [0.2, 0.25) is 23.6 Å². The third-order valence-corrected chi connectivity index (χ3v) is 16.7. The summed E-state index contributed by atoms with van der Waals surface area (Å²) in [6, 6.07) is 5.58. The lowest BCUT2D eigenvalue weighted by Gasteiger charge is -2.30. The van der Waals surface area contributed by atoms with Gasteiger partial charge in [0.1, 0.15) is 64.2 Å². The van der Waals surface area contributed by atoms with Crippen LogP contribution in [-0.2, 0) is 88.1 Å². The van der Waals surface area contributed by atoms with E-state index in [0.717, 1.165) is 17.7 Å². The van der Waals surface area contributed by atoms with Crippen molar-refractivity contribution in [1.29, 1.82) is 0 Å². The van der Waals surface area contributed by atoms with Crippen LogP contribution in [0.5, 0.6) is 0 Å². The van der Waals surface area contributed by atoms with E-state index in [1.165, 1.54) is 26.8 Å². The highest BCUT2D eigenvalue weighted by Gasteiger charge is 2.63. The predicted molar refractivity (Wildman–Crippen MR) is 332 cm³/mol. The molecule has 2 aliphatic carbocycles. The summed E-state index contributed by atoms with van der Waals surface area (Å²) < 4.78 is 65.6. The van der Waals surface area contributed by atoms with Gasteiger partial charge in [-0.05, 0) is 104 Å². The van der Waals surface area contributed by atoms with E-state index >= 15 is 0 Å². The Bertz CT molecular complexity index is 3130. The number of amides is 7. The standard InChI is InChI=1S/C33H43FN4O9.C24H37N3O8.C8H8FN.ClH/c1-5-45-29(41)33-16-21(33)10-6-7-13-44-14-12-25(35-30(42)47-32(2,3)4)28(40)38-18-22(15-26(38)27(39)36-33)46-31(43)37-17-20-9-8-11-24(34)23(20)19-37;1-5-34-21(31)24-13-15(24)8-6-7-10-33-11-9-17(25-22(32)35-23(2,3)4)20(30)27-14-16(28)12-18(27)19(29)26-24;9-8-3-1-2-6-4-10-5-7(6)8;/h6,8-11,21-22,25-26H,5,7,12-19H2,1-4H3,(H,35,42)(H,36,39);6,8,15-18,28H,5,7,9-14H2,1-4H3,(H,25,32)(H,26,29);1-3,10H,4-5H2;1H/b10-6-;8-6-;;/t21-,22-,25+,26+,33-;15-,16-,17+,18+,24-;;/m11../s1. The number of halogens is 3. The molecular formula is C65H89ClF2N8O17. The van der Waals surface area contributed by atoms with Gasteiger partial charge in [0.25, 0.3) is 0 Å². The molecule has 2 aromatic rings. The molecule has 6 aliphatic heterocycles. The van der Waals surface area contributed by atoms with Crippen LogP contribution in [0, 0.1) is 23.5 Å². The second-order valence-electron chi connectivity index (χ2n) is 26.0. The zero-order valence-corrected chi connectivity index (χ0v) is 54.8. The largest absolute Gasteiger partial charge is 0.464 e. The normalized spacial score (nSPS) is 28.4. The monoisotopic (exact) mass is 1330 g/mol. The molecular weight excluding hydrogens is 1240 g/mol. The molecule has 6 heterocycles. The number of aliphatic hydroxyl groups excluding tert-OH is 1. The van der Waals surface area contributed by atoms with E-state index in [9.17, 15) is 57.0 Å². The van der Waals surface area contributed by atoms with Crippen molar-refractivity contribution < 1.29 is 90.2 Å². The fraction of sp³-hybridized carbons (Fsp3) is 0.615. The summed E-state index contributed by atoms with van der Waals surface area (Å²) in [7, 11) is 0. The first kappa shape index (κ1) is 73.0. The number of carbonyl (C=O) groups excluding carboxylic acids is 9. The molecule has 2 aromatic carbocycles. The molecule has 10 rings (SSSR count). The second-order valence-corrected chi connectivity index (χ2v) is 26.0. The maximum absolute atomic E-state index is 14.3. The Kier molecular flexibility index (Phi) is 24.8. The lowest BCUT2D eigenvalue weighted by molar-refractivity contribution is -0.150. The van der Waals surface area contributed by atoms with Crippen LogP contribution in [-0.4, -0.2) is 185 Å². The van der Waals surface area contributed by atoms with E-state index in [1.54, 1.807) is 73.6 Å². The van der Waals surface area contributed by atoms with Crippen molar-refractivity contribution >= 4 is 66.3 Å². The van der Waals surface area contributed by atoms with Crippen LogP contribution in [0.3, 0.4) is 0 Å². The zero-order valence-electron chi connectivity index (χ0n) is 54.0. The molecule has 0 aromatic heterocycles. The summed E-state index contributed by atoms with van der Waals surface area (Å²) in [6.07, 6.45) is 5.43. The van der Waals surface area contributed by atoms with Crippen molar-refractivity contribution in [2.24, 2.45) is 11.8 Å². The molecule has 10 atom stereocenters. The number of ether oxygens (including phenoxy) is 7. The fourth-order valence-electron chi connectivity index (χ4n) is 12.0. The van der Waals surface area contributed by atoms with Gasteiger partial charge in [-0.1, -0.05) is 48.6 Å². The first-order chi connectivity index (χ1) is 43.6. The Morgan fingerprint density at radius 3 is 1.62 bits per heavy atom. The first-order valence-corrected chi connectivity index (χ1v) is 31.6. The average molecular weight is 1330 g/mol. The van der Waals surface area contributed by atoms with Crippen molar-refractivity contribution in [1.82, 2.24) is 41.3 Å². The van der Waals surface area contributed by atoms with Crippen LogP contribution < -0.4 is 26.6 Å². The molecule has 2 saturated carbocycles. The minimum absolute atomic E-state index is 0. The quantitative estimate of drug-likeness (QED) is 0.114. The topological polar surface area (TPSA) is 308 Å². The van der Waals surface area contributed by atoms with Gasteiger partial charge < -0.3 is 74.6 Å². The number of nitrogens with zero attached hydrogens (tertiary/aromatic N) is 3. The van der Waals surface area contributed by atoms with Gasteiger partial charge >= 0.3 is 30.2 Å². The molecule has 2 saturated heterocycles. The molecule has 0 spiro atoms. The Morgan fingerprint density at radius 1 is 0.656 bits per heavy atom. The van der Waals surface area contributed by atoms with Gasteiger partial charge in [-0.15, -0.1) is 12.4 Å². The number of hydrogen-bond donors (Lipinski definition) is 6. The molecule has 28 heteroatoms. The molecule has 6 N–H and O–H groups in total. The van der Waals surface area contributed by atoms with Crippen molar-refractivity contribution in [3.05, 3.63) is 94.6 Å². The number of hydrogen-bond acceptors (Lipinski definition) is 18. The SMILES string of the molecule is CCOC(=O)[C@@]12C[C@H]1/C=C\CCOCC[C@H](NC(=O)OC(C)(C)C)C(=O)N1C[C@H](O)C[C@H]1C(=O)N2.CCOC(=O)[C@@]12C[C@H]1/C=C\CCOCC[C@H](NC(=O)OC(C)(C)C)C(=O)N1C[C@H](OC(=O)N3Cc4cccc(F)c4C3)C[C@H]1C(=O)N2.Cl.Fc1cccc2c1CNC2. The molecule has 93 heavy (non-hydrogen) atoms. The molecule has 0 unspecified atom stereocenters. The van der Waals surface area contributed by atoms with E-state index in [0.29, 0.717) is 56.6 Å². The van der Waals surface area contributed by atoms with E-state index in [2.05, 4.69) is 26.6 Å². The fourth-order valence-corrected chi connectivity index (χ4v) is 12.0. The predicted octanol–water partition coefficient (Wildman–Crippen LogP) is 5.44. The molecule has 7 amide bonds. The van der Waals surface area contributed by atoms with Crippen LogP contribution in [0.15, 0.2) is 60.7 Å². The molecule has 512 valence electrons.